The Labute approximate surface area is 104 Å². The number of hydrogen-bond donors (Lipinski definition) is 1. The predicted molar refractivity (Wildman–Crippen MR) is 69.2 cm³/mol. The fourth-order valence-corrected chi connectivity index (χ4v) is 2.50. The van der Waals surface area contributed by atoms with Crippen molar-refractivity contribution in [3.05, 3.63) is 34.4 Å². The van der Waals surface area contributed by atoms with Gasteiger partial charge >= 0.3 is 0 Å². The van der Waals surface area contributed by atoms with Crippen molar-refractivity contribution in [2.45, 2.75) is 5.92 Å². The van der Waals surface area contributed by atoms with Crippen LogP contribution in [0.1, 0.15) is 11.5 Å². The van der Waals surface area contributed by atoms with Crippen LogP contribution in [0.3, 0.4) is 0 Å². The summed E-state index contributed by atoms with van der Waals surface area (Å²) in [5.41, 5.74) is 1.67. The van der Waals surface area contributed by atoms with Gasteiger partial charge in [0.2, 0.25) is 0 Å². The maximum atomic E-state index is 11.8. The minimum atomic E-state index is -0.100. The molecule has 0 aliphatic carbocycles. The molecule has 0 spiro atoms. The lowest BCUT2D eigenvalue weighted by Crippen LogP contribution is -2.41. The molecule has 5 heteroatoms. The van der Waals surface area contributed by atoms with Gasteiger partial charge in [-0.15, -0.1) is 0 Å². The smallest absolute Gasteiger partial charge is 0.258 e. The molecule has 0 saturated carbocycles. The molecule has 18 heavy (non-hydrogen) atoms. The highest BCUT2D eigenvalue weighted by Crippen LogP contribution is 2.34. The van der Waals surface area contributed by atoms with Gasteiger partial charge in [-0.25, -0.2) is 4.98 Å². The molecule has 0 atom stereocenters. The number of aromatic nitrogens is 2. The van der Waals surface area contributed by atoms with E-state index in [0.29, 0.717) is 16.8 Å². The zero-order valence-corrected chi connectivity index (χ0v) is 10.4. The van der Waals surface area contributed by atoms with Gasteiger partial charge in [-0.3, -0.25) is 4.79 Å². The lowest BCUT2D eigenvalue weighted by atomic mass is 9.90. The second-order valence-electron chi connectivity index (χ2n) is 4.76. The Hall–Kier alpha value is -1.88. The van der Waals surface area contributed by atoms with Gasteiger partial charge in [0.05, 0.1) is 24.3 Å². The number of ether oxygens (including phenoxy) is 1. The molecule has 2 heterocycles. The molecule has 94 valence electrons. The Morgan fingerprint density at radius 1 is 1.44 bits per heavy atom. The Morgan fingerprint density at radius 3 is 2.89 bits per heavy atom. The van der Waals surface area contributed by atoms with Gasteiger partial charge in [0.25, 0.3) is 5.56 Å². The Morgan fingerprint density at radius 2 is 2.22 bits per heavy atom. The fourth-order valence-electron chi connectivity index (χ4n) is 2.50. The molecule has 0 bridgehead atoms. The molecule has 1 aromatic heterocycles. The van der Waals surface area contributed by atoms with Crippen molar-refractivity contribution in [2.24, 2.45) is 0 Å². The third kappa shape index (κ3) is 1.67. The zero-order valence-electron chi connectivity index (χ0n) is 10.4. The van der Waals surface area contributed by atoms with Crippen LogP contribution in [0.2, 0.25) is 0 Å². The number of fused-ring (bicyclic) bond motifs is 1. The number of methoxy groups -OCH3 is 1. The number of likely N-dealkylation sites (N-methyl/N-ethyl adjacent to an activating group) is 1. The third-order valence-corrected chi connectivity index (χ3v) is 3.50. The molecule has 1 fully saturated rings. The van der Waals surface area contributed by atoms with Crippen LogP contribution in [0.15, 0.2) is 23.3 Å². The lowest BCUT2D eigenvalue weighted by molar-refractivity contribution is 0.187. The van der Waals surface area contributed by atoms with E-state index in [4.69, 9.17) is 4.74 Å². The largest absolute Gasteiger partial charge is 0.496 e. The van der Waals surface area contributed by atoms with E-state index >= 15 is 0 Å². The van der Waals surface area contributed by atoms with Crippen molar-refractivity contribution in [3.63, 3.8) is 0 Å². The summed E-state index contributed by atoms with van der Waals surface area (Å²) in [7, 11) is 3.73. The van der Waals surface area contributed by atoms with Crippen molar-refractivity contribution in [1.82, 2.24) is 14.9 Å². The predicted octanol–water partition coefficient (Wildman–Crippen LogP) is 0.961. The summed E-state index contributed by atoms with van der Waals surface area (Å²) in [5.74, 6) is 1.26. The van der Waals surface area contributed by atoms with Gasteiger partial charge in [0.1, 0.15) is 5.75 Å². The maximum Gasteiger partial charge on any atom is 0.258 e. The molecular formula is C13H15N3O2. The maximum absolute atomic E-state index is 11.8. The van der Waals surface area contributed by atoms with Crippen LogP contribution in [-0.4, -0.2) is 42.1 Å². The van der Waals surface area contributed by atoms with Crippen molar-refractivity contribution in [2.75, 3.05) is 27.2 Å². The van der Waals surface area contributed by atoms with Crippen LogP contribution in [0, 0.1) is 0 Å². The number of benzene rings is 1. The van der Waals surface area contributed by atoms with Gasteiger partial charge < -0.3 is 14.6 Å². The molecule has 3 rings (SSSR count). The van der Waals surface area contributed by atoms with Crippen LogP contribution in [-0.2, 0) is 0 Å². The number of nitrogens with zero attached hydrogens (tertiary/aromatic N) is 2. The van der Waals surface area contributed by atoms with Crippen LogP contribution in [0.25, 0.3) is 10.9 Å². The second kappa shape index (κ2) is 4.10. The third-order valence-electron chi connectivity index (χ3n) is 3.50. The average Bonchev–Trinajstić information content (AvgIpc) is 2.34. The number of rotatable bonds is 2. The lowest BCUT2D eigenvalue weighted by Gasteiger charge is -2.37. The monoisotopic (exact) mass is 245 g/mol. The highest BCUT2D eigenvalue weighted by atomic mass is 16.5. The van der Waals surface area contributed by atoms with E-state index in [9.17, 15) is 4.79 Å². The molecular weight excluding hydrogens is 230 g/mol. The molecule has 1 N–H and O–H groups in total. The second-order valence-corrected chi connectivity index (χ2v) is 4.76. The van der Waals surface area contributed by atoms with Crippen molar-refractivity contribution in [1.29, 1.82) is 0 Å². The van der Waals surface area contributed by atoms with E-state index in [1.54, 1.807) is 7.11 Å². The highest BCUT2D eigenvalue weighted by molar-refractivity contribution is 5.80. The van der Waals surface area contributed by atoms with Gasteiger partial charge in [0, 0.05) is 30.6 Å². The summed E-state index contributed by atoms with van der Waals surface area (Å²) in [4.78, 5) is 20.8. The summed E-state index contributed by atoms with van der Waals surface area (Å²) in [6, 6.07) is 3.76. The van der Waals surface area contributed by atoms with E-state index in [-0.39, 0.29) is 5.56 Å². The summed E-state index contributed by atoms with van der Waals surface area (Å²) < 4.78 is 5.41. The minimum Gasteiger partial charge on any atom is -0.496 e. The average molecular weight is 245 g/mol. The van der Waals surface area contributed by atoms with Crippen molar-refractivity contribution >= 4 is 10.9 Å². The van der Waals surface area contributed by atoms with Gasteiger partial charge in [0.15, 0.2) is 0 Å². The molecule has 0 amide bonds. The molecule has 1 aliphatic rings. The van der Waals surface area contributed by atoms with E-state index in [0.717, 1.165) is 24.4 Å². The Kier molecular flexibility index (Phi) is 2.56. The van der Waals surface area contributed by atoms with Crippen LogP contribution in [0.4, 0.5) is 0 Å². The first kappa shape index (κ1) is 11.2. The van der Waals surface area contributed by atoms with Gasteiger partial charge in [-0.2, -0.15) is 0 Å². The number of hydrogen-bond acceptors (Lipinski definition) is 4. The van der Waals surface area contributed by atoms with E-state index < -0.39 is 0 Å². The van der Waals surface area contributed by atoms with Gasteiger partial charge in [-0.05, 0) is 13.1 Å². The number of nitrogens with one attached hydrogen (secondary N) is 1. The quantitative estimate of drug-likeness (QED) is 0.856. The first-order valence-electron chi connectivity index (χ1n) is 5.93. The topological polar surface area (TPSA) is 58.2 Å². The van der Waals surface area contributed by atoms with E-state index in [2.05, 4.69) is 21.9 Å². The molecule has 2 aromatic rings. The minimum absolute atomic E-state index is 0.100. The van der Waals surface area contributed by atoms with Crippen LogP contribution >= 0.6 is 0 Å². The molecule has 5 nitrogen and oxygen atoms in total. The number of H-pyrrole nitrogens is 1. The first-order chi connectivity index (χ1) is 8.69. The normalized spacial score (nSPS) is 16.8. The number of aromatic amines is 1. The Bertz CT molecular complexity index is 644. The van der Waals surface area contributed by atoms with Crippen molar-refractivity contribution < 1.29 is 4.74 Å². The number of likely N-dealkylation sites (tertiary alicyclic amines) is 1. The van der Waals surface area contributed by atoms with Gasteiger partial charge in [-0.1, -0.05) is 0 Å². The standard InChI is InChI=1S/C13H15N3O2/c1-16-5-8(6-16)9-3-10-11(4-12(9)18-2)14-7-15-13(10)17/h3-4,7-8H,5-6H2,1-2H3,(H,14,15,17). The van der Waals surface area contributed by atoms with E-state index in [1.165, 1.54) is 6.33 Å². The molecule has 1 aliphatic heterocycles. The van der Waals surface area contributed by atoms with Crippen molar-refractivity contribution in [3.8, 4) is 5.75 Å². The summed E-state index contributed by atoms with van der Waals surface area (Å²) in [5, 5.41) is 0.628. The summed E-state index contributed by atoms with van der Waals surface area (Å²) in [6.07, 6.45) is 1.42. The van der Waals surface area contributed by atoms with Crippen LogP contribution < -0.4 is 10.3 Å². The summed E-state index contributed by atoms with van der Waals surface area (Å²) in [6.45, 7) is 2.00. The Balaban J connectivity index is 2.17. The molecule has 1 saturated heterocycles. The SMILES string of the molecule is COc1cc2nc[nH]c(=O)c2cc1C1CN(C)C1. The first-order valence-corrected chi connectivity index (χ1v) is 5.93. The molecule has 1 aromatic carbocycles. The van der Waals surface area contributed by atoms with Crippen LogP contribution in [0.5, 0.6) is 5.75 Å². The molecule has 0 unspecified atom stereocenters. The molecule has 0 radical (unpaired) electrons. The zero-order chi connectivity index (χ0) is 12.7. The highest BCUT2D eigenvalue weighted by Gasteiger charge is 2.28. The fraction of sp³-hybridized carbons (Fsp3) is 0.385. The summed E-state index contributed by atoms with van der Waals surface area (Å²) >= 11 is 0. The van der Waals surface area contributed by atoms with E-state index in [1.807, 2.05) is 12.1 Å².